The van der Waals surface area contributed by atoms with Crippen molar-refractivity contribution in [3.05, 3.63) is 64.2 Å². The Morgan fingerprint density at radius 3 is 2.55 bits per heavy atom. The van der Waals surface area contributed by atoms with E-state index in [9.17, 15) is 15.3 Å². The SMILES string of the molecule is CCO[C@@H]1[C@@H](O)[C@H](O)[C@@H](CO)O[C@H]1c1ccc(Cl)c(Cc2ccc(O[C@H]3CCOC3)cc2)c1. The van der Waals surface area contributed by atoms with Gasteiger partial charge in [0.25, 0.3) is 0 Å². The van der Waals surface area contributed by atoms with E-state index in [0.29, 0.717) is 24.7 Å². The zero-order valence-electron chi connectivity index (χ0n) is 18.6. The molecule has 0 saturated carbocycles. The van der Waals surface area contributed by atoms with E-state index >= 15 is 0 Å². The maximum Gasteiger partial charge on any atom is 0.124 e. The second-order valence-corrected chi connectivity index (χ2v) is 8.86. The molecule has 180 valence electrons. The largest absolute Gasteiger partial charge is 0.488 e. The zero-order chi connectivity index (χ0) is 23.4. The summed E-state index contributed by atoms with van der Waals surface area (Å²) >= 11 is 6.49. The van der Waals surface area contributed by atoms with Crippen LogP contribution in [0.1, 0.15) is 36.1 Å². The summed E-state index contributed by atoms with van der Waals surface area (Å²) in [7, 11) is 0. The van der Waals surface area contributed by atoms with Crippen LogP contribution in [0.4, 0.5) is 0 Å². The van der Waals surface area contributed by atoms with E-state index < -0.39 is 37.1 Å². The van der Waals surface area contributed by atoms with Crippen LogP contribution in [0, 0.1) is 0 Å². The molecule has 2 aliphatic heterocycles. The predicted octanol–water partition coefficient (Wildman–Crippen LogP) is 2.66. The maximum absolute atomic E-state index is 10.6. The van der Waals surface area contributed by atoms with Gasteiger partial charge in [-0.05, 0) is 48.2 Å². The lowest BCUT2D eigenvalue weighted by molar-refractivity contribution is -0.243. The Kier molecular flexibility index (Phi) is 8.24. The van der Waals surface area contributed by atoms with Gasteiger partial charge in [0, 0.05) is 18.1 Å². The molecule has 0 aromatic heterocycles. The second kappa shape index (κ2) is 11.1. The Morgan fingerprint density at radius 1 is 1.09 bits per heavy atom. The molecule has 3 N–H and O–H groups in total. The average Bonchev–Trinajstić information content (AvgIpc) is 3.33. The molecule has 2 aliphatic rings. The van der Waals surface area contributed by atoms with Gasteiger partial charge in [0.2, 0.25) is 0 Å². The minimum atomic E-state index is -1.23. The fourth-order valence-electron chi connectivity index (χ4n) is 4.35. The van der Waals surface area contributed by atoms with Crippen LogP contribution in [0.2, 0.25) is 5.02 Å². The molecule has 8 heteroatoms. The number of rotatable bonds is 8. The van der Waals surface area contributed by atoms with Crippen molar-refractivity contribution in [1.29, 1.82) is 0 Å². The molecule has 2 saturated heterocycles. The van der Waals surface area contributed by atoms with Gasteiger partial charge in [-0.15, -0.1) is 0 Å². The van der Waals surface area contributed by atoms with Crippen molar-refractivity contribution in [2.24, 2.45) is 0 Å². The summed E-state index contributed by atoms with van der Waals surface area (Å²) in [5.41, 5.74) is 2.73. The summed E-state index contributed by atoms with van der Waals surface area (Å²) in [6, 6.07) is 13.5. The second-order valence-electron chi connectivity index (χ2n) is 8.45. The van der Waals surface area contributed by atoms with Crippen molar-refractivity contribution in [3.63, 3.8) is 0 Å². The molecular weight excluding hydrogens is 448 g/mol. The van der Waals surface area contributed by atoms with Gasteiger partial charge < -0.3 is 34.3 Å². The number of hydrogen-bond acceptors (Lipinski definition) is 7. The average molecular weight is 479 g/mol. The zero-order valence-corrected chi connectivity index (χ0v) is 19.4. The fraction of sp³-hybridized carbons (Fsp3) is 0.520. The van der Waals surface area contributed by atoms with Crippen molar-refractivity contribution < 1.29 is 34.3 Å². The molecule has 4 rings (SSSR count). The summed E-state index contributed by atoms with van der Waals surface area (Å²) in [6.07, 6.45) is -3.13. The smallest absolute Gasteiger partial charge is 0.124 e. The van der Waals surface area contributed by atoms with E-state index in [1.165, 1.54) is 0 Å². The highest BCUT2D eigenvalue weighted by atomic mass is 35.5. The first kappa shape index (κ1) is 24.4. The van der Waals surface area contributed by atoms with Gasteiger partial charge >= 0.3 is 0 Å². The first-order valence-corrected chi connectivity index (χ1v) is 11.7. The molecule has 2 fully saturated rings. The maximum atomic E-state index is 10.6. The van der Waals surface area contributed by atoms with Gasteiger partial charge in [0.05, 0.1) is 19.8 Å². The van der Waals surface area contributed by atoms with Gasteiger partial charge in [0.1, 0.15) is 42.4 Å². The summed E-state index contributed by atoms with van der Waals surface area (Å²) in [6.45, 7) is 3.12. The van der Waals surface area contributed by atoms with Gasteiger partial charge in [0.15, 0.2) is 0 Å². The van der Waals surface area contributed by atoms with Crippen LogP contribution in [-0.4, -0.2) is 72.3 Å². The third-order valence-corrected chi connectivity index (χ3v) is 6.50. The Balaban J connectivity index is 1.51. The molecule has 2 aromatic carbocycles. The molecule has 0 amide bonds. The van der Waals surface area contributed by atoms with Gasteiger partial charge in [-0.3, -0.25) is 0 Å². The van der Waals surface area contributed by atoms with Gasteiger partial charge in [-0.2, -0.15) is 0 Å². The van der Waals surface area contributed by atoms with Crippen LogP contribution in [0.5, 0.6) is 5.75 Å². The summed E-state index contributed by atoms with van der Waals surface area (Å²) in [5, 5.41) is 31.0. The summed E-state index contributed by atoms with van der Waals surface area (Å²) in [5.74, 6) is 0.812. The molecule has 0 aliphatic carbocycles. The quantitative estimate of drug-likeness (QED) is 0.536. The highest BCUT2D eigenvalue weighted by Crippen LogP contribution is 2.36. The van der Waals surface area contributed by atoms with Crippen molar-refractivity contribution in [2.75, 3.05) is 26.4 Å². The third kappa shape index (κ3) is 5.69. The Bertz CT molecular complexity index is 900. The number of aliphatic hydroxyl groups is 3. The topological polar surface area (TPSA) is 97.6 Å². The Hall–Kier alpha value is -1.71. The minimum absolute atomic E-state index is 0.104. The van der Waals surface area contributed by atoms with Gasteiger partial charge in [-0.1, -0.05) is 35.9 Å². The molecular formula is C25H31ClO7. The third-order valence-electron chi connectivity index (χ3n) is 6.13. The van der Waals surface area contributed by atoms with E-state index in [1.54, 1.807) is 6.07 Å². The van der Waals surface area contributed by atoms with Crippen LogP contribution in [0.15, 0.2) is 42.5 Å². The molecule has 0 spiro atoms. The minimum Gasteiger partial charge on any atom is -0.488 e. The number of halogens is 1. The number of hydrogen-bond donors (Lipinski definition) is 3. The van der Waals surface area contributed by atoms with E-state index in [-0.39, 0.29) is 6.10 Å². The van der Waals surface area contributed by atoms with E-state index in [2.05, 4.69) is 0 Å². The Morgan fingerprint density at radius 2 is 1.88 bits per heavy atom. The number of ether oxygens (including phenoxy) is 4. The van der Waals surface area contributed by atoms with Crippen molar-refractivity contribution in [2.45, 2.75) is 56.4 Å². The van der Waals surface area contributed by atoms with Crippen LogP contribution in [0.25, 0.3) is 0 Å². The van der Waals surface area contributed by atoms with E-state index in [4.69, 9.17) is 30.5 Å². The number of benzene rings is 2. The monoisotopic (exact) mass is 478 g/mol. The highest BCUT2D eigenvalue weighted by Gasteiger charge is 2.45. The lowest BCUT2D eigenvalue weighted by atomic mass is 9.90. The molecule has 2 aromatic rings. The molecule has 2 heterocycles. The molecule has 0 radical (unpaired) electrons. The molecule has 33 heavy (non-hydrogen) atoms. The standard InChI is InChI=1S/C25H31ClO7/c1-2-31-25-23(29)22(28)21(13-27)33-24(25)16-5-8-20(26)17(12-16)11-15-3-6-18(7-4-15)32-19-9-10-30-14-19/h3-8,12,19,21-25,27-29H,2,9-11,13-14H2,1H3/t19-,21+,22+,23-,24-,25+/m0/s1. The normalized spacial score (nSPS) is 29.8. The van der Waals surface area contributed by atoms with E-state index in [0.717, 1.165) is 35.5 Å². The highest BCUT2D eigenvalue weighted by molar-refractivity contribution is 6.31. The summed E-state index contributed by atoms with van der Waals surface area (Å²) < 4.78 is 22.9. The molecule has 0 bridgehead atoms. The summed E-state index contributed by atoms with van der Waals surface area (Å²) in [4.78, 5) is 0. The Labute approximate surface area is 198 Å². The lowest BCUT2D eigenvalue weighted by Crippen LogP contribution is -2.56. The van der Waals surface area contributed by atoms with Gasteiger partial charge in [-0.25, -0.2) is 0 Å². The predicted molar refractivity (Wildman–Crippen MR) is 123 cm³/mol. The molecule has 7 nitrogen and oxygen atoms in total. The van der Waals surface area contributed by atoms with Crippen molar-refractivity contribution >= 4 is 11.6 Å². The number of aliphatic hydroxyl groups excluding tert-OH is 3. The molecule has 6 atom stereocenters. The van der Waals surface area contributed by atoms with Crippen LogP contribution in [-0.2, 0) is 20.6 Å². The van der Waals surface area contributed by atoms with Crippen LogP contribution >= 0.6 is 11.6 Å². The molecule has 0 unspecified atom stereocenters. The van der Waals surface area contributed by atoms with Crippen LogP contribution in [0.3, 0.4) is 0 Å². The van der Waals surface area contributed by atoms with E-state index in [1.807, 2.05) is 43.3 Å². The lowest BCUT2D eigenvalue weighted by Gasteiger charge is -2.42. The van der Waals surface area contributed by atoms with Crippen LogP contribution < -0.4 is 4.74 Å². The van der Waals surface area contributed by atoms with Crippen molar-refractivity contribution in [3.8, 4) is 5.75 Å². The van der Waals surface area contributed by atoms with Crippen molar-refractivity contribution in [1.82, 2.24) is 0 Å². The first-order valence-electron chi connectivity index (χ1n) is 11.4. The first-order chi connectivity index (χ1) is 16.0. The fourth-order valence-corrected chi connectivity index (χ4v) is 4.53.